The van der Waals surface area contributed by atoms with Crippen LogP contribution in [0.3, 0.4) is 0 Å². The van der Waals surface area contributed by atoms with Crippen molar-refractivity contribution in [3.05, 3.63) is 76.8 Å². The molecule has 2 N–H and O–H groups in total. The standard InChI is InChI=1S/C23H19ClF3N7O4/c1-11(30-23(36)33(2)31-22(35)18-7-19(37-3)32-38-18)20-16(26)4-12(8-28-20)15-5-13(24)6-17(27)21(15)34-10-14(25)9-29-34/h4-11H,1-3H3,(H,30,36)(H,31,35)/t11-/m1/s1. The van der Waals surface area contributed by atoms with Crippen LogP contribution in [0.25, 0.3) is 16.8 Å². The molecule has 0 spiro atoms. The molecule has 4 aromatic rings. The summed E-state index contributed by atoms with van der Waals surface area (Å²) in [6, 6.07) is 2.94. The first-order chi connectivity index (χ1) is 18.1. The molecule has 38 heavy (non-hydrogen) atoms. The topological polar surface area (TPSA) is 127 Å². The number of urea groups is 1. The minimum atomic E-state index is -0.947. The minimum absolute atomic E-state index is 0.0212. The zero-order chi connectivity index (χ0) is 27.6. The SMILES string of the molecule is COc1cc(C(=O)NN(C)C(=O)N[C@H](C)c2ncc(-c3cc(Cl)cc(F)c3-n3cc(F)cn3)cc2F)on1. The Morgan fingerprint density at radius 3 is 2.55 bits per heavy atom. The number of carbonyl (C=O) groups excluding carboxylic acids is 2. The fourth-order valence-corrected chi connectivity index (χ4v) is 3.63. The van der Waals surface area contributed by atoms with Gasteiger partial charge in [0.15, 0.2) is 11.6 Å². The number of hydrazine groups is 1. The van der Waals surface area contributed by atoms with E-state index in [-0.39, 0.29) is 39.2 Å². The molecule has 3 aromatic heterocycles. The summed E-state index contributed by atoms with van der Waals surface area (Å²) < 4.78 is 54.0. The summed E-state index contributed by atoms with van der Waals surface area (Å²) in [5.74, 6) is -3.24. The van der Waals surface area contributed by atoms with E-state index in [1.165, 1.54) is 39.4 Å². The first-order valence-electron chi connectivity index (χ1n) is 10.8. The number of amides is 3. The van der Waals surface area contributed by atoms with Crippen LogP contribution in [0.1, 0.15) is 29.2 Å². The van der Waals surface area contributed by atoms with Crippen molar-refractivity contribution in [2.75, 3.05) is 14.2 Å². The van der Waals surface area contributed by atoms with Crippen LogP contribution in [0, 0.1) is 17.5 Å². The molecule has 11 nitrogen and oxygen atoms in total. The van der Waals surface area contributed by atoms with Crippen LogP contribution in [0.2, 0.25) is 5.02 Å². The summed E-state index contributed by atoms with van der Waals surface area (Å²) in [5, 5.41) is 10.6. The van der Waals surface area contributed by atoms with Gasteiger partial charge < -0.3 is 14.6 Å². The lowest BCUT2D eigenvalue weighted by Gasteiger charge is -2.21. The highest BCUT2D eigenvalue weighted by atomic mass is 35.5. The summed E-state index contributed by atoms with van der Waals surface area (Å²) in [5.41, 5.74) is 2.20. The summed E-state index contributed by atoms with van der Waals surface area (Å²) in [4.78, 5) is 28.8. The number of halogens is 4. The molecule has 4 rings (SSSR count). The number of ether oxygens (including phenoxy) is 1. The van der Waals surface area contributed by atoms with Gasteiger partial charge >= 0.3 is 11.9 Å². The van der Waals surface area contributed by atoms with E-state index in [0.717, 1.165) is 34.2 Å². The molecule has 0 fully saturated rings. The molecule has 0 aliphatic heterocycles. The van der Waals surface area contributed by atoms with Gasteiger partial charge in [0.05, 0.1) is 37.3 Å². The van der Waals surface area contributed by atoms with E-state index in [0.29, 0.717) is 0 Å². The highest BCUT2D eigenvalue weighted by Crippen LogP contribution is 2.33. The van der Waals surface area contributed by atoms with Gasteiger partial charge in [-0.25, -0.2) is 27.7 Å². The number of nitrogens with one attached hydrogen (secondary N) is 2. The van der Waals surface area contributed by atoms with Gasteiger partial charge in [0.25, 0.3) is 5.88 Å². The van der Waals surface area contributed by atoms with Gasteiger partial charge in [0.1, 0.15) is 11.5 Å². The lowest BCUT2D eigenvalue weighted by atomic mass is 10.0. The molecule has 1 atom stereocenters. The number of benzene rings is 1. The second kappa shape index (κ2) is 10.8. The number of hydrogen-bond donors (Lipinski definition) is 2. The van der Waals surface area contributed by atoms with Crippen molar-refractivity contribution in [1.82, 2.24) is 35.7 Å². The summed E-state index contributed by atoms with van der Waals surface area (Å²) >= 11 is 6.00. The van der Waals surface area contributed by atoms with Crippen molar-refractivity contribution in [3.63, 3.8) is 0 Å². The Labute approximate surface area is 218 Å². The molecule has 15 heteroatoms. The van der Waals surface area contributed by atoms with Crippen molar-refractivity contribution < 1.29 is 32.0 Å². The lowest BCUT2D eigenvalue weighted by Crippen LogP contribution is -2.48. The maximum atomic E-state index is 15.1. The Balaban J connectivity index is 1.51. The van der Waals surface area contributed by atoms with Crippen molar-refractivity contribution >= 4 is 23.5 Å². The van der Waals surface area contributed by atoms with Gasteiger partial charge in [0.2, 0.25) is 5.76 Å². The van der Waals surface area contributed by atoms with Crippen LogP contribution >= 0.6 is 11.6 Å². The fraction of sp³-hybridized carbons (Fsp3) is 0.174. The monoisotopic (exact) mass is 549 g/mol. The second-order valence-electron chi connectivity index (χ2n) is 7.88. The highest BCUT2D eigenvalue weighted by Gasteiger charge is 2.23. The normalized spacial score (nSPS) is 11.7. The molecule has 3 heterocycles. The quantitative estimate of drug-likeness (QED) is 0.347. The Bertz CT molecular complexity index is 1510. The number of methoxy groups -OCH3 is 1. The number of carbonyl (C=O) groups is 2. The lowest BCUT2D eigenvalue weighted by molar-refractivity contribution is 0.0813. The van der Waals surface area contributed by atoms with E-state index in [2.05, 4.69) is 26.0 Å². The van der Waals surface area contributed by atoms with Gasteiger partial charge in [0, 0.05) is 29.4 Å². The largest absolute Gasteiger partial charge is 0.479 e. The summed E-state index contributed by atoms with van der Waals surface area (Å²) in [6.07, 6.45) is 3.10. The molecule has 0 bridgehead atoms. The van der Waals surface area contributed by atoms with E-state index in [1.54, 1.807) is 0 Å². The third-order valence-electron chi connectivity index (χ3n) is 5.23. The van der Waals surface area contributed by atoms with Gasteiger partial charge in [-0.3, -0.25) is 15.2 Å². The van der Waals surface area contributed by atoms with Gasteiger partial charge in [-0.05, 0) is 30.3 Å². The number of pyridine rings is 1. The number of hydrogen-bond acceptors (Lipinski definition) is 7. The minimum Gasteiger partial charge on any atom is -0.479 e. The van der Waals surface area contributed by atoms with Crippen LogP contribution in [-0.4, -0.2) is 51.0 Å². The molecule has 3 amide bonds. The van der Waals surface area contributed by atoms with E-state index in [9.17, 15) is 18.4 Å². The predicted molar refractivity (Wildman–Crippen MR) is 127 cm³/mol. The van der Waals surface area contributed by atoms with Gasteiger partial charge in [-0.1, -0.05) is 11.6 Å². The maximum absolute atomic E-state index is 15.1. The van der Waals surface area contributed by atoms with E-state index >= 15 is 4.39 Å². The Hall–Kier alpha value is -4.59. The molecule has 0 aliphatic rings. The van der Waals surface area contributed by atoms with Crippen LogP contribution in [0.15, 0.2) is 47.4 Å². The number of rotatable bonds is 6. The maximum Gasteiger partial charge on any atom is 0.336 e. The molecule has 0 saturated carbocycles. The zero-order valence-electron chi connectivity index (χ0n) is 20.0. The fourth-order valence-electron chi connectivity index (χ4n) is 3.43. The summed E-state index contributed by atoms with van der Waals surface area (Å²) in [7, 11) is 2.60. The first kappa shape index (κ1) is 26.5. The zero-order valence-corrected chi connectivity index (χ0v) is 20.8. The first-order valence-corrected chi connectivity index (χ1v) is 11.2. The average Bonchev–Trinajstić information content (AvgIpc) is 3.52. The van der Waals surface area contributed by atoms with Crippen molar-refractivity contribution in [2.24, 2.45) is 0 Å². The molecule has 0 unspecified atom stereocenters. The Kier molecular flexibility index (Phi) is 7.52. The molecule has 0 saturated heterocycles. The van der Waals surface area contributed by atoms with E-state index < -0.39 is 35.4 Å². The van der Waals surface area contributed by atoms with Crippen molar-refractivity contribution in [1.29, 1.82) is 0 Å². The predicted octanol–water partition coefficient (Wildman–Crippen LogP) is 4.05. The molecule has 0 aliphatic carbocycles. The average molecular weight is 550 g/mol. The van der Waals surface area contributed by atoms with E-state index in [1.807, 2.05) is 0 Å². The molecule has 198 valence electrons. The molecule has 0 radical (unpaired) electrons. The molecular weight excluding hydrogens is 531 g/mol. The Morgan fingerprint density at radius 2 is 1.92 bits per heavy atom. The Morgan fingerprint density at radius 1 is 1.16 bits per heavy atom. The third-order valence-corrected chi connectivity index (χ3v) is 5.45. The highest BCUT2D eigenvalue weighted by molar-refractivity contribution is 6.31. The van der Waals surface area contributed by atoms with Crippen LogP contribution in [0.5, 0.6) is 5.88 Å². The smallest absolute Gasteiger partial charge is 0.336 e. The van der Waals surface area contributed by atoms with Crippen LogP contribution in [0.4, 0.5) is 18.0 Å². The molecule has 1 aromatic carbocycles. The van der Waals surface area contributed by atoms with Crippen LogP contribution < -0.4 is 15.5 Å². The van der Waals surface area contributed by atoms with Crippen LogP contribution in [-0.2, 0) is 0 Å². The second-order valence-corrected chi connectivity index (χ2v) is 8.32. The summed E-state index contributed by atoms with van der Waals surface area (Å²) in [6.45, 7) is 1.47. The number of aromatic nitrogens is 4. The van der Waals surface area contributed by atoms with Crippen molar-refractivity contribution in [2.45, 2.75) is 13.0 Å². The van der Waals surface area contributed by atoms with Crippen molar-refractivity contribution in [3.8, 4) is 22.7 Å². The van der Waals surface area contributed by atoms with Gasteiger partial charge in [-0.2, -0.15) is 5.10 Å². The third kappa shape index (κ3) is 5.54. The number of nitrogens with zero attached hydrogens (tertiary/aromatic N) is 5. The van der Waals surface area contributed by atoms with Gasteiger partial charge in [-0.15, -0.1) is 0 Å². The van der Waals surface area contributed by atoms with E-state index in [4.69, 9.17) is 20.9 Å². The molecular formula is C23H19ClF3N7O4.